The minimum atomic E-state index is -0.315. The number of carbonyl (C=O) groups excluding carboxylic acids is 1. The number of benzene rings is 1. The SMILES string of the molecule is COC(=O)c1cncn1C1c2ccccc2C2CCC1C2. The minimum absolute atomic E-state index is 0.205. The molecule has 0 N–H and O–H groups in total. The van der Waals surface area contributed by atoms with Crippen LogP contribution in [0, 0.1) is 5.92 Å². The molecule has 21 heavy (non-hydrogen) atoms. The lowest BCUT2D eigenvalue weighted by atomic mass is 9.79. The molecular weight excluding hydrogens is 264 g/mol. The van der Waals surface area contributed by atoms with Crippen LogP contribution < -0.4 is 0 Å². The Balaban J connectivity index is 1.86. The summed E-state index contributed by atoms with van der Waals surface area (Å²) in [5, 5.41) is 0. The maximum Gasteiger partial charge on any atom is 0.356 e. The van der Waals surface area contributed by atoms with E-state index in [1.807, 2.05) is 4.57 Å². The van der Waals surface area contributed by atoms with Crippen molar-refractivity contribution >= 4 is 5.97 Å². The molecule has 4 heteroatoms. The van der Waals surface area contributed by atoms with Gasteiger partial charge in [0.05, 0.1) is 25.7 Å². The molecule has 3 unspecified atom stereocenters. The van der Waals surface area contributed by atoms with Crippen molar-refractivity contribution in [2.75, 3.05) is 7.11 Å². The van der Waals surface area contributed by atoms with Gasteiger partial charge in [0, 0.05) is 0 Å². The van der Waals surface area contributed by atoms with E-state index < -0.39 is 0 Å². The van der Waals surface area contributed by atoms with Crippen LogP contribution in [0.3, 0.4) is 0 Å². The summed E-state index contributed by atoms with van der Waals surface area (Å²) in [6.07, 6.45) is 7.05. The first-order valence-electron chi connectivity index (χ1n) is 7.48. The van der Waals surface area contributed by atoms with Crippen molar-refractivity contribution in [1.82, 2.24) is 9.55 Å². The lowest BCUT2D eigenvalue weighted by Gasteiger charge is -2.33. The molecule has 2 aliphatic rings. The van der Waals surface area contributed by atoms with Gasteiger partial charge in [-0.25, -0.2) is 9.78 Å². The van der Waals surface area contributed by atoms with Crippen LogP contribution in [-0.4, -0.2) is 22.6 Å². The Morgan fingerprint density at radius 1 is 1.29 bits per heavy atom. The summed E-state index contributed by atoms with van der Waals surface area (Å²) in [5.41, 5.74) is 3.34. The number of esters is 1. The number of carbonyl (C=O) groups is 1. The van der Waals surface area contributed by atoms with Crippen molar-refractivity contribution in [3.05, 3.63) is 53.6 Å². The summed E-state index contributed by atoms with van der Waals surface area (Å²) in [4.78, 5) is 16.2. The second kappa shape index (κ2) is 4.72. The van der Waals surface area contributed by atoms with Gasteiger partial charge in [-0.15, -0.1) is 0 Å². The molecule has 0 spiro atoms. The maximum atomic E-state index is 12.0. The second-order valence-corrected chi connectivity index (χ2v) is 6.02. The summed E-state index contributed by atoms with van der Waals surface area (Å²) in [5.74, 6) is 0.958. The van der Waals surface area contributed by atoms with Gasteiger partial charge in [-0.05, 0) is 42.2 Å². The molecule has 1 aromatic carbocycles. The predicted molar refractivity (Wildman–Crippen MR) is 78.2 cm³/mol. The van der Waals surface area contributed by atoms with Crippen molar-refractivity contribution in [2.45, 2.75) is 31.2 Å². The first kappa shape index (κ1) is 12.6. The van der Waals surface area contributed by atoms with Gasteiger partial charge in [0.25, 0.3) is 0 Å². The van der Waals surface area contributed by atoms with Gasteiger partial charge in [-0.3, -0.25) is 0 Å². The summed E-state index contributed by atoms with van der Waals surface area (Å²) in [6, 6.07) is 8.85. The van der Waals surface area contributed by atoms with E-state index in [-0.39, 0.29) is 12.0 Å². The zero-order chi connectivity index (χ0) is 14.4. The minimum Gasteiger partial charge on any atom is -0.464 e. The van der Waals surface area contributed by atoms with Crippen LogP contribution in [0.15, 0.2) is 36.8 Å². The molecule has 2 aliphatic carbocycles. The fourth-order valence-electron chi connectivity index (χ4n) is 4.16. The summed E-state index contributed by atoms with van der Waals surface area (Å²) in [7, 11) is 1.42. The fraction of sp³-hybridized carbons (Fsp3) is 0.412. The third kappa shape index (κ3) is 1.82. The summed E-state index contributed by atoms with van der Waals surface area (Å²) in [6.45, 7) is 0. The number of hydrogen-bond donors (Lipinski definition) is 0. The fourth-order valence-corrected chi connectivity index (χ4v) is 4.16. The van der Waals surface area contributed by atoms with Gasteiger partial charge in [-0.1, -0.05) is 24.3 Å². The molecule has 2 bridgehead atoms. The molecule has 0 radical (unpaired) electrons. The van der Waals surface area contributed by atoms with Crippen molar-refractivity contribution in [2.24, 2.45) is 5.92 Å². The molecule has 1 saturated carbocycles. The Labute approximate surface area is 123 Å². The zero-order valence-corrected chi connectivity index (χ0v) is 12.0. The molecule has 0 amide bonds. The van der Waals surface area contributed by atoms with Gasteiger partial charge in [0.1, 0.15) is 5.69 Å². The first-order chi connectivity index (χ1) is 10.3. The highest BCUT2D eigenvalue weighted by Crippen LogP contribution is 2.52. The molecule has 0 aliphatic heterocycles. The van der Waals surface area contributed by atoms with Gasteiger partial charge in [0.2, 0.25) is 0 Å². The maximum absolute atomic E-state index is 12.0. The van der Waals surface area contributed by atoms with Crippen LogP contribution in [0.5, 0.6) is 0 Å². The zero-order valence-electron chi connectivity index (χ0n) is 12.0. The van der Waals surface area contributed by atoms with E-state index in [1.165, 1.54) is 37.5 Å². The number of imidazole rings is 1. The smallest absolute Gasteiger partial charge is 0.356 e. The van der Waals surface area contributed by atoms with Crippen LogP contribution in [0.4, 0.5) is 0 Å². The number of hydrogen-bond acceptors (Lipinski definition) is 3. The van der Waals surface area contributed by atoms with Gasteiger partial charge in [0.15, 0.2) is 0 Å². The second-order valence-electron chi connectivity index (χ2n) is 6.02. The Morgan fingerprint density at radius 2 is 2.10 bits per heavy atom. The Kier molecular flexibility index (Phi) is 2.84. The molecule has 1 aromatic heterocycles. The standard InChI is InChI=1S/C17H18N2O2/c1-21-17(20)15-9-18-10-19(15)16-12-7-6-11(8-12)13-4-2-3-5-14(13)16/h2-5,9-12,16H,6-8H2,1H3. The quantitative estimate of drug-likeness (QED) is 0.795. The largest absolute Gasteiger partial charge is 0.464 e. The van der Waals surface area contributed by atoms with Crippen LogP contribution in [0.2, 0.25) is 0 Å². The normalized spacial score (nSPS) is 26.4. The molecule has 108 valence electrons. The molecule has 4 rings (SSSR count). The van der Waals surface area contributed by atoms with E-state index in [0.29, 0.717) is 17.5 Å². The van der Waals surface area contributed by atoms with E-state index in [1.54, 1.807) is 12.5 Å². The molecule has 0 saturated heterocycles. The number of ether oxygens (including phenoxy) is 1. The number of methoxy groups -OCH3 is 1. The third-order valence-corrected chi connectivity index (χ3v) is 5.03. The monoisotopic (exact) mass is 282 g/mol. The van der Waals surface area contributed by atoms with E-state index >= 15 is 0 Å². The van der Waals surface area contributed by atoms with Crippen molar-refractivity contribution in [1.29, 1.82) is 0 Å². The van der Waals surface area contributed by atoms with Gasteiger partial charge in [-0.2, -0.15) is 0 Å². The lowest BCUT2D eigenvalue weighted by Crippen LogP contribution is -2.26. The number of nitrogens with zero attached hydrogens (tertiary/aromatic N) is 2. The Morgan fingerprint density at radius 3 is 2.90 bits per heavy atom. The van der Waals surface area contributed by atoms with Crippen molar-refractivity contribution in [3.63, 3.8) is 0 Å². The van der Waals surface area contributed by atoms with Crippen molar-refractivity contribution in [3.8, 4) is 0 Å². The molecular formula is C17H18N2O2. The summed E-state index contributed by atoms with van der Waals surface area (Å²) >= 11 is 0. The predicted octanol–water partition coefficient (Wildman–Crippen LogP) is 3.16. The first-order valence-corrected chi connectivity index (χ1v) is 7.48. The number of aromatic nitrogens is 2. The van der Waals surface area contributed by atoms with E-state index in [9.17, 15) is 4.79 Å². The molecule has 3 atom stereocenters. The average molecular weight is 282 g/mol. The van der Waals surface area contributed by atoms with Crippen LogP contribution >= 0.6 is 0 Å². The van der Waals surface area contributed by atoms with Crippen LogP contribution in [-0.2, 0) is 4.74 Å². The number of fused-ring (bicyclic) bond motifs is 4. The Bertz CT molecular complexity index is 692. The van der Waals surface area contributed by atoms with E-state index in [2.05, 4.69) is 29.2 Å². The molecule has 2 aromatic rings. The topological polar surface area (TPSA) is 44.1 Å². The van der Waals surface area contributed by atoms with Crippen LogP contribution in [0.25, 0.3) is 0 Å². The summed E-state index contributed by atoms with van der Waals surface area (Å²) < 4.78 is 6.90. The van der Waals surface area contributed by atoms with Gasteiger partial charge >= 0.3 is 5.97 Å². The molecule has 1 heterocycles. The third-order valence-electron chi connectivity index (χ3n) is 5.03. The highest BCUT2D eigenvalue weighted by Gasteiger charge is 2.41. The number of rotatable bonds is 2. The van der Waals surface area contributed by atoms with E-state index in [4.69, 9.17) is 4.74 Å². The highest BCUT2D eigenvalue weighted by atomic mass is 16.5. The van der Waals surface area contributed by atoms with Gasteiger partial charge < -0.3 is 9.30 Å². The van der Waals surface area contributed by atoms with Crippen LogP contribution in [0.1, 0.15) is 52.8 Å². The van der Waals surface area contributed by atoms with Crippen molar-refractivity contribution < 1.29 is 9.53 Å². The Hall–Kier alpha value is -2.10. The lowest BCUT2D eigenvalue weighted by molar-refractivity contribution is 0.0585. The van der Waals surface area contributed by atoms with E-state index in [0.717, 1.165) is 0 Å². The highest BCUT2D eigenvalue weighted by molar-refractivity contribution is 5.87. The molecule has 4 nitrogen and oxygen atoms in total. The average Bonchev–Trinajstić information content (AvgIpc) is 3.16. The molecule has 1 fully saturated rings.